The van der Waals surface area contributed by atoms with Crippen molar-refractivity contribution in [3.63, 3.8) is 0 Å². The summed E-state index contributed by atoms with van der Waals surface area (Å²) in [5.41, 5.74) is 0.735. The van der Waals surface area contributed by atoms with E-state index >= 15 is 0 Å². The smallest absolute Gasteiger partial charge is 0.352 e. The van der Waals surface area contributed by atoms with Crippen LogP contribution in [0.1, 0.15) is 68.6 Å². The van der Waals surface area contributed by atoms with Crippen LogP contribution in [0.4, 0.5) is 13.2 Å². The van der Waals surface area contributed by atoms with Crippen LogP contribution in [-0.4, -0.2) is 29.9 Å². The van der Waals surface area contributed by atoms with Crippen LogP contribution in [0.3, 0.4) is 0 Å². The molecule has 2 atom stereocenters. The number of nitrogens with zero attached hydrogens (tertiary/aromatic N) is 1. The first-order valence-electron chi connectivity index (χ1n) is 12.4. The first kappa shape index (κ1) is 24.8. The average Bonchev–Trinajstić information content (AvgIpc) is 3.30. The second kappa shape index (κ2) is 10.1. The fourth-order valence-electron chi connectivity index (χ4n) is 5.89. The van der Waals surface area contributed by atoms with E-state index in [1.165, 1.54) is 11.6 Å². The number of benzene rings is 2. The number of amides is 1. The number of piperidine rings is 1. The van der Waals surface area contributed by atoms with Crippen molar-refractivity contribution in [1.82, 2.24) is 10.2 Å². The van der Waals surface area contributed by atoms with Crippen LogP contribution in [0.25, 0.3) is 0 Å². The first-order chi connectivity index (χ1) is 16.2. The lowest BCUT2D eigenvalue weighted by Gasteiger charge is -2.38. The third-order valence-electron chi connectivity index (χ3n) is 8.11. The zero-order valence-corrected chi connectivity index (χ0v) is 20.1. The van der Waals surface area contributed by atoms with E-state index in [-0.39, 0.29) is 18.4 Å². The Bertz CT molecular complexity index is 967. The second-order valence-electron chi connectivity index (χ2n) is 10.3. The van der Waals surface area contributed by atoms with Gasteiger partial charge < -0.3 is 10.2 Å². The molecule has 0 bridgehead atoms. The number of rotatable bonds is 6. The van der Waals surface area contributed by atoms with E-state index in [9.17, 15) is 18.0 Å². The molecule has 2 aliphatic rings. The van der Waals surface area contributed by atoms with Gasteiger partial charge in [-0.05, 0) is 80.3 Å². The lowest BCUT2D eigenvalue weighted by Crippen LogP contribution is -2.45. The SMILES string of the molecule is CC(C)C1(C(=O)NCc2cccc(C(F)(F)F)c2)CCC(N2CCC(c3ccccc3)CC2)C1. The van der Waals surface area contributed by atoms with Gasteiger partial charge in [-0.15, -0.1) is 0 Å². The van der Waals surface area contributed by atoms with E-state index in [0.29, 0.717) is 17.5 Å². The van der Waals surface area contributed by atoms with Gasteiger partial charge in [0.25, 0.3) is 0 Å². The Hall–Kier alpha value is -2.34. The fraction of sp³-hybridized carbons (Fsp3) is 0.536. The van der Waals surface area contributed by atoms with Gasteiger partial charge in [-0.2, -0.15) is 13.2 Å². The van der Waals surface area contributed by atoms with Gasteiger partial charge in [0.15, 0.2) is 0 Å². The summed E-state index contributed by atoms with van der Waals surface area (Å²) in [6.45, 7) is 6.39. The third kappa shape index (κ3) is 5.32. The van der Waals surface area contributed by atoms with Gasteiger partial charge in [0.2, 0.25) is 5.91 Å². The maximum atomic E-state index is 13.4. The van der Waals surface area contributed by atoms with E-state index < -0.39 is 17.2 Å². The molecule has 6 heteroatoms. The third-order valence-corrected chi connectivity index (χ3v) is 8.11. The zero-order chi connectivity index (χ0) is 24.3. The Labute approximate surface area is 200 Å². The molecule has 1 amide bonds. The molecule has 0 spiro atoms. The number of nitrogens with one attached hydrogen (secondary N) is 1. The molecule has 0 radical (unpaired) electrons. The van der Waals surface area contributed by atoms with Crippen molar-refractivity contribution in [3.05, 3.63) is 71.3 Å². The Morgan fingerprint density at radius 2 is 1.76 bits per heavy atom. The van der Waals surface area contributed by atoms with Crippen molar-refractivity contribution in [2.24, 2.45) is 11.3 Å². The Morgan fingerprint density at radius 3 is 2.41 bits per heavy atom. The molecule has 0 aromatic heterocycles. The predicted molar refractivity (Wildman–Crippen MR) is 128 cm³/mol. The normalized spacial score (nSPS) is 24.5. The minimum Gasteiger partial charge on any atom is -0.352 e. The van der Waals surface area contributed by atoms with Crippen molar-refractivity contribution < 1.29 is 18.0 Å². The van der Waals surface area contributed by atoms with Crippen LogP contribution in [0, 0.1) is 11.3 Å². The number of hydrogen-bond acceptors (Lipinski definition) is 2. The molecule has 4 rings (SSSR count). The predicted octanol–water partition coefficient (Wildman–Crippen LogP) is 6.40. The van der Waals surface area contributed by atoms with Crippen molar-refractivity contribution >= 4 is 5.91 Å². The van der Waals surface area contributed by atoms with Crippen LogP contribution in [0.15, 0.2) is 54.6 Å². The maximum absolute atomic E-state index is 13.4. The number of carbonyl (C=O) groups is 1. The van der Waals surface area contributed by atoms with Gasteiger partial charge in [0.1, 0.15) is 0 Å². The number of halogens is 3. The van der Waals surface area contributed by atoms with Crippen LogP contribution in [-0.2, 0) is 17.5 Å². The summed E-state index contributed by atoms with van der Waals surface area (Å²) in [5.74, 6) is 0.743. The van der Waals surface area contributed by atoms with Gasteiger partial charge in [0, 0.05) is 12.6 Å². The molecular weight excluding hydrogens is 437 g/mol. The summed E-state index contributed by atoms with van der Waals surface area (Å²) in [6, 6.07) is 16.3. The van der Waals surface area contributed by atoms with E-state index in [0.717, 1.165) is 57.3 Å². The molecule has 34 heavy (non-hydrogen) atoms. The number of likely N-dealkylation sites (tertiary alicyclic amines) is 1. The molecule has 1 saturated carbocycles. The molecule has 2 fully saturated rings. The number of carbonyl (C=O) groups excluding carboxylic acids is 1. The largest absolute Gasteiger partial charge is 0.416 e. The van der Waals surface area contributed by atoms with E-state index in [1.54, 1.807) is 6.07 Å². The van der Waals surface area contributed by atoms with Crippen molar-refractivity contribution in [2.45, 2.75) is 70.6 Å². The number of hydrogen-bond donors (Lipinski definition) is 1. The molecule has 1 saturated heterocycles. The van der Waals surface area contributed by atoms with E-state index in [4.69, 9.17) is 0 Å². The van der Waals surface area contributed by atoms with Gasteiger partial charge in [0.05, 0.1) is 11.0 Å². The van der Waals surface area contributed by atoms with Crippen LogP contribution < -0.4 is 5.32 Å². The van der Waals surface area contributed by atoms with Gasteiger partial charge in [-0.1, -0.05) is 56.3 Å². The monoisotopic (exact) mass is 472 g/mol. The standard InChI is InChI=1S/C28H35F3N2O/c1-20(2)27(26(34)32-19-21-7-6-10-24(17-21)28(29,30)31)14-11-25(18-27)33-15-12-23(13-16-33)22-8-4-3-5-9-22/h3-10,17,20,23,25H,11-16,18-19H2,1-2H3,(H,32,34). The second-order valence-corrected chi connectivity index (χ2v) is 10.3. The van der Waals surface area contributed by atoms with Gasteiger partial charge in [-0.3, -0.25) is 4.79 Å². The number of alkyl halides is 3. The highest BCUT2D eigenvalue weighted by atomic mass is 19.4. The van der Waals surface area contributed by atoms with Gasteiger partial charge in [-0.25, -0.2) is 0 Å². The highest BCUT2D eigenvalue weighted by Gasteiger charge is 2.49. The summed E-state index contributed by atoms with van der Waals surface area (Å²) in [7, 11) is 0. The lowest BCUT2D eigenvalue weighted by atomic mass is 9.74. The molecule has 1 aliphatic carbocycles. The van der Waals surface area contributed by atoms with Crippen molar-refractivity contribution in [1.29, 1.82) is 0 Å². The van der Waals surface area contributed by atoms with Crippen LogP contribution in [0.2, 0.25) is 0 Å². The van der Waals surface area contributed by atoms with Crippen molar-refractivity contribution in [3.8, 4) is 0 Å². The minimum absolute atomic E-state index is 0.0263. The highest BCUT2D eigenvalue weighted by molar-refractivity contribution is 5.83. The molecule has 2 unspecified atom stereocenters. The first-order valence-corrected chi connectivity index (χ1v) is 12.4. The van der Waals surface area contributed by atoms with E-state index in [2.05, 4.69) is 54.4 Å². The molecule has 3 nitrogen and oxygen atoms in total. The van der Waals surface area contributed by atoms with Gasteiger partial charge >= 0.3 is 6.18 Å². The zero-order valence-electron chi connectivity index (χ0n) is 20.1. The molecule has 1 heterocycles. The molecular formula is C28H35F3N2O. The fourth-order valence-corrected chi connectivity index (χ4v) is 5.89. The average molecular weight is 473 g/mol. The summed E-state index contributed by atoms with van der Waals surface area (Å²) in [5, 5.41) is 2.97. The van der Waals surface area contributed by atoms with Crippen LogP contribution >= 0.6 is 0 Å². The summed E-state index contributed by atoms with van der Waals surface area (Å²) < 4.78 is 39.1. The topological polar surface area (TPSA) is 32.3 Å². The molecule has 184 valence electrons. The van der Waals surface area contributed by atoms with E-state index in [1.807, 2.05) is 0 Å². The molecule has 1 N–H and O–H groups in total. The highest BCUT2D eigenvalue weighted by Crippen LogP contribution is 2.47. The summed E-state index contributed by atoms with van der Waals surface area (Å²) in [6.07, 6.45) is 0.516. The minimum atomic E-state index is -4.38. The van der Waals surface area contributed by atoms with Crippen LogP contribution in [0.5, 0.6) is 0 Å². The maximum Gasteiger partial charge on any atom is 0.416 e. The molecule has 2 aromatic rings. The Morgan fingerprint density at radius 1 is 1.06 bits per heavy atom. The Balaban J connectivity index is 1.36. The van der Waals surface area contributed by atoms with Crippen molar-refractivity contribution in [2.75, 3.05) is 13.1 Å². The quantitative estimate of drug-likeness (QED) is 0.528. The Kier molecular flexibility index (Phi) is 7.36. The summed E-state index contributed by atoms with van der Waals surface area (Å²) in [4.78, 5) is 15.9. The molecule has 2 aromatic carbocycles. The lowest BCUT2D eigenvalue weighted by molar-refractivity contribution is -0.137. The molecule has 1 aliphatic heterocycles. The summed E-state index contributed by atoms with van der Waals surface area (Å²) >= 11 is 0.